The zero-order valence-electron chi connectivity index (χ0n) is 12.8. The highest BCUT2D eigenvalue weighted by atomic mass is 79.9. The molecule has 1 N–H and O–H groups in total. The van der Waals surface area contributed by atoms with Crippen LogP contribution in [0.5, 0.6) is 0 Å². The summed E-state index contributed by atoms with van der Waals surface area (Å²) in [5.74, 6) is -0.943. The third-order valence-electron chi connectivity index (χ3n) is 3.80. The molecule has 1 aliphatic rings. The number of carbonyl (C=O) groups is 1. The molecule has 1 saturated carbocycles. The molecule has 1 aromatic heterocycles. The lowest BCUT2D eigenvalue weighted by Crippen LogP contribution is -2.41. The first-order valence-electron chi connectivity index (χ1n) is 7.53. The first-order valence-corrected chi connectivity index (χ1v) is 8.32. The number of nitrogens with zero attached hydrogens (tertiary/aromatic N) is 3. The van der Waals surface area contributed by atoms with Crippen LogP contribution in [0.4, 0.5) is 13.2 Å². The number of benzene rings is 1. The minimum absolute atomic E-state index is 0.0333. The van der Waals surface area contributed by atoms with Crippen LogP contribution in [0.3, 0.4) is 0 Å². The van der Waals surface area contributed by atoms with Crippen molar-refractivity contribution < 1.29 is 18.0 Å². The SMILES string of the molecule is O=C(Cn1nc(Br)n(C2CC2)c1=O)NC(c1ccccc1)C(F)(F)F. The largest absolute Gasteiger partial charge is 0.412 e. The van der Waals surface area contributed by atoms with E-state index in [1.807, 2.05) is 5.32 Å². The van der Waals surface area contributed by atoms with Gasteiger partial charge in [-0.2, -0.15) is 13.2 Å². The van der Waals surface area contributed by atoms with Crippen molar-refractivity contribution in [1.82, 2.24) is 19.7 Å². The van der Waals surface area contributed by atoms with Crippen LogP contribution in [0.25, 0.3) is 0 Å². The predicted octanol–water partition coefficient (Wildman–Crippen LogP) is 2.56. The second-order valence-corrected chi connectivity index (χ2v) is 6.47. The highest BCUT2D eigenvalue weighted by Crippen LogP contribution is 2.35. The average molecular weight is 419 g/mol. The zero-order chi connectivity index (χ0) is 18.2. The number of rotatable bonds is 5. The smallest absolute Gasteiger partial charge is 0.339 e. The zero-order valence-corrected chi connectivity index (χ0v) is 14.4. The topological polar surface area (TPSA) is 68.9 Å². The summed E-state index contributed by atoms with van der Waals surface area (Å²) in [6.07, 6.45) is -2.99. The molecule has 1 aromatic carbocycles. The number of hydrogen-bond donors (Lipinski definition) is 1. The van der Waals surface area contributed by atoms with Crippen molar-refractivity contribution in [2.45, 2.75) is 37.6 Å². The predicted molar refractivity (Wildman–Crippen MR) is 85.8 cm³/mol. The molecule has 0 radical (unpaired) electrons. The first kappa shape index (κ1) is 17.7. The quantitative estimate of drug-likeness (QED) is 0.810. The fourth-order valence-corrected chi connectivity index (χ4v) is 3.11. The van der Waals surface area contributed by atoms with E-state index in [1.165, 1.54) is 28.8 Å². The van der Waals surface area contributed by atoms with Crippen molar-refractivity contribution in [3.8, 4) is 0 Å². The van der Waals surface area contributed by atoms with Gasteiger partial charge in [0.1, 0.15) is 6.54 Å². The molecular weight excluding hydrogens is 405 g/mol. The first-order chi connectivity index (χ1) is 11.8. The molecule has 0 saturated heterocycles. The number of alkyl halides is 3. The second-order valence-electron chi connectivity index (χ2n) is 5.76. The van der Waals surface area contributed by atoms with Crippen molar-refractivity contribution in [1.29, 1.82) is 0 Å². The Morgan fingerprint density at radius 1 is 1.32 bits per heavy atom. The van der Waals surface area contributed by atoms with Gasteiger partial charge in [0.05, 0.1) is 0 Å². The van der Waals surface area contributed by atoms with Crippen LogP contribution in [0.1, 0.15) is 30.5 Å². The van der Waals surface area contributed by atoms with Gasteiger partial charge in [-0.25, -0.2) is 9.48 Å². The Morgan fingerprint density at radius 3 is 2.52 bits per heavy atom. The summed E-state index contributed by atoms with van der Waals surface area (Å²) in [6, 6.07) is 4.95. The summed E-state index contributed by atoms with van der Waals surface area (Å²) in [4.78, 5) is 24.3. The van der Waals surface area contributed by atoms with E-state index in [9.17, 15) is 22.8 Å². The highest BCUT2D eigenvalue weighted by Gasteiger charge is 2.42. The van der Waals surface area contributed by atoms with Crippen molar-refractivity contribution in [2.75, 3.05) is 0 Å². The number of aromatic nitrogens is 3. The molecule has 3 rings (SSSR count). The van der Waals surface area contributed by atoms with Gasteiger partial charge in [0.25, 0.3) is 0 Å². The molecule has 0 aliphatic heterocycles. The van der Waals surface area contributed by atoms with E-state index in [0.717, 1.165) is 17.5 Å². The summed E-state index contributed by atoms with van der Waals surface area (Å²) >= 11 is 3.14. The molecule has 1 atom stereocenters. The van der Waals surface area contributed by atoms with E-state index in [2.05, 4.69) is 21.0 Å². The molecule has 2 aromatic rings. The lowest BCUT2D eigenvalue weighted by molar-refractivity contribution is -0.163. The molecule has 6 nitrogen and oxygen atoms in total. The number of hydrogen-bond acceptors (Lipinski definition) is 3. The molecule has 0 bridgehead atoms. The maximum atomic E-state index is 13.3. The van der Waals surface area contributed by atoms with E-state index >= 15 is 0 Å². The highest BCUT2D eigenvalue weighted by molar-refractivity contribution is 9.10. The molecule has 1 heterocycles. The van der Waals surface area contributed by atoms with Crippen LogP contribution in [-0.2, 0) is 11.3 Å². The van der Waals surface area contributed by atoms with E-state index in [0.29, 0.717) is 0 Å². The molecular formula is C15H14BrF3N4O2. The Labute approximate surface area is 148 Å². The maximum Gasteiger partial charge on any atom is 0.412 e. The van der Waals surface area contributed by atoms with Gasteiger partial charge in [0.15, 0.2) is 6.04 Å². The number of carbonyl (C=O) groups excluding carboxylic acids is 1. The third kappa shape index (κ3) is 3.94. The minimum Gasteiger partial charge on any atom is -0.339 e. The van der Waals surface area contributed by atoms with Crippen molar-refractivity contribution in [3.05, 3.63) is 51.1 Å². The number of amides is 1. The van der Waals surface area contributed by atoms with Gasteiger partial charge in [-0.1, -0.05) is 30.3 Å². The van der Waals surface area contributed by atoms with Gasteiger partial charge in [-0.3, -0.25) is 9.36 Å². The van der Waals surface area contributed by atoms with Crippen LogP contribution in [0, 0.1) is 0 Å². The van der Waals surface area contributed by atoms with Gasteiger partial charge >= 0.3 is 11.9 Å². The summed E-state index contributed by atoms with van der Waals surface area (Å²) in [7, 11) is 0. The van der Waals surface area contributed by atoms with Crippen LogP contribution >= 0.6 is 15.9 Å². The summed E-state index contributed by atoms with van der Waals surface area (Å²) in [5.41, 5.74) is -0.604. The lowest BCUT2D eigenvalue weighted by atomic mass is 10.1. The monoisotopic (exact) mass is 418 g/mol. The van der Waals surface area contributed by atoms with Crippen molar-refractivity contribution in [3.63, 3.8) is 0 Å². The van der Waals surface area contributed by atoms with Gasteiger partial charge in [-0.05, 0) is 34.3 Å². The summed E-state index contributed by atoms with van der Waals surface area (Å²) in [6.45, 7) is -0.587. The van der Waals surface area contributed by atoms with Crippen molar-refractivity contribution in [2.24, 2.45) is 0 Å². The second kappa shape index (κ2) is 6.66. The van der Waals surface area contributed by atoms with Crippen LogP contribution in [0.15, 0.2) is 39.9 Å². The molecule has 1 unspecified atom stereocenters. The Kier molecular flexibility index (Phi) is 4.72. The van der Waals surface area contributed by atoms with Crippen LogP contribution in [0.2, 0.25) is 0 Å². The molecule has 25 heavy (non-hydrogen) atoms. The molecule has 1 fully saturated rings. The standard InChI is InChI=1S/C15H14BrF3N4O2/c16-13-21-22(14(25)23(13)10-6-7-10)8-11(24)20-12(15(17,18)19)9-4-2-1-3-5-9/h1-5,10,12H,6-8H2,(H,20,24). The minimum atomic E-state index is -4.66. The van der Waals surface area contributed by atoms with E-state index in [1.54, 1.807) is 6.07 Å². The van der Waals surface area contributed by atoms with Gasteiger partial charge in [-0.15, -0.1) is 5.10 Å². The normalized spacial score (nSPS) is 15.8. The van der Waals surface area contributed by atoms with Crippen LogP contribution < -0.4 is 11.0 Å². The van der Waals surface area contributed by atoms with Gasteiger partial charge in [0, 0.05) is 6.04 Å². The van der Waals surface area contributed by atoms with E-state index in [4.69, 9.17) is 0 Å². The molecule has 1 aliphatic carbocycles. The van der Waals surface area contributed by atoms with E-state index in [-0.39, 0.29) is 16.3 Å². The van der Waals surface area contributed by atoms with Gasteiger partial charge < -0.3 is 5.32 Å². The van der Waals surface area contributed by atoms with Crippen LogP contribution in [-0.4, -0.2) is 26.4 Å². The number of nitrogens with one attached hydrogen (secondary N) is 1. The fraction of sp³-hybridized carbons (Fsp3) is 0.400. The summed E-state index contributed by atoms with van der Waals surface area (Å²) in [5, 5.41) is 5.83. The Morgan fingerprint density at radius 2 is 1.96 bits per heavy atom. The molecule has 0 spiro atoms. The van der Waals surface area contributed by atoms with Crippen molar-refractivity contribution >= 4 is 21.8 Å². The summed E-state index contributed by atoms with van der Waals surface area (Å²) < 4.78 is 42.3. The fourth-order valence-electron chi connectivity index (χ4n) is 2.48. The average Bonchev–Trinajstić information content (AvgIpc) is 3.32. The molecule has 1 amide bonds. The lowest BCUT2D eigenvalue weighted by Gasteiger charge is -2.21. The Bertz CT molecular complexity index is 828. The molecule has 10 heteroatoms. The Hall–Kier alpha value is -2.10. The third-order valence-corrected chi connectivity index (χ3v) is 4.34. The Balaban J connectivity index is 1.77. The van der Waals surface area contributed by atoms with E-state index < -0.39 is 30.4 Å². The maximum absolute atomic E-state index is 13.3. The number of halogens is 4. The molecule has 134 valence electrons. The van der Waals surface area contributed by atoms with Gasteiger partial charge in [0.2, 0.25) is 10.6 Å².